The van der Waals surface area contributed by atoms with Crippen LogP contribution in [0.15, 0.2) is 18.6 Å². The van der Waals surface area contributed by atoms with Gasteiger partial charge in [0.1, 0.15) is 23.9 Å². The number of amides is 1. The summed E-state index contributed by atoms with van der Waals surface area (Å²) in [6, 6.07) is 1.91. The Morgan fingerprint density at radius 1 is 1.29 bits per heavy atom. The second kappa shape index (κ2) is 7.58. The molecule has 9 nitrogen and oxygen atoms in total. The molecule has 31 heavy (non-hydrogen) atoms. The van der Waals surface area contributed by atoms with E-state index in [1.54, 1.807) is 6.20 Å². The highest BCUT2D eigenvalue weighted by Gasteiger charge is 2.44. The average molecular weight is 428 g/mol. The summed E-state index contributed by atoms with van der Waals surface area (Å²) < 4.78 is 26.3. The van der Waals surface area contributed by atoms with Crippen molar-refractivity contribution >= 4 is 17.6 Å². The zero-order chi connectivity index (χ0) is 21.6. The quantitative estimate of drug-likeness (QED) is 0.734. The van der Waals surface area contributed by atoms with Crippen molar-refractivity contribution in [2.45, 2.75) is 57.4 Å². The van der Waals surface area contributed by atoms with Crippen molar-refractivity contribution in [1.29, 1.82) is 0 Å². The molecule has 0 aromatic carbocycles. The van der Waals surface area contributed by atoms with Crippen LogP contribution in [0, 0.1) is 6.92 Å². The van der Waals surface area contributed by atoms with E-state index >= 15 is 0 Å². The summed E-state index contributed by atoms with van der Waals surface area (Å²) in [6.45, 7) is 4.84. The number of hydrogen-bond donors (Lipinski definition) is 0. The van der Waals surface area contributed by atoms with Gasteiger partial charge in [0.2, 0.25) is 5.88 Å². The minimum atomic E-state index is -1.33. The number of nitrogens with zero attached hydrogens (tertiary/aromatic N) is 6. The van der Waals surface area contributed by atoms with E-state index in [0.717, 1.165) is 42.8 Å². The highest BCUT2D eigenvalue weighted by Crippen LogP contribution is 2.39. The number of carbonyl (C=O) groups is 1. The lowest BCUT2D eigenvalue weighted by Gasteiger charge is -2.34. The van der Waals surface area contributed by atoms with Crippen LogP contribution >= 0.6 is 0 Å². The Hall–Kier alpha value is -3.04. The Balaban J connectivity index is 1.27. The Labute approximate surface area is 179 Å². The molecule has 2 aliphatic heterocycles. The fourth-order valence-electron chi connectivity index (χ4n) is 4.03. The van der Waals surface area contributed by atoms with Gasteiger partial charge in [0.05, 0.1) is 29.7 Å². The Morgan fingerprint density at radius 2 is 2.13 bits per heavy atom. The lowest BCUT2D eigenvalue weighted by molar-refractivity contribution is 0.00202. The summed E-state index contributed by atoms with van der Waals surface area (Å²) in [4.78, 5) is 24.4. The van der Waals surface area contributed by atoms with E-state index in [9.17, 15) is 9.18 Å². The molecule has 1 amide bonds. The molecule has 3 aliphatic rings. The number of carbonyl (C=O) groups excluding carboxylic acids is 1. The largest absolute Gasteiger partial charge is 0.471 e. The predicted molar refractivity (Wildman–Crippen MR) is 109 cm³/mol. The van der Waals surface area contributed by atoms with Gasteiger partial charge in [-0.1, -0.05) is 0 Å². The van der Waals surface area contributed by atoms with Crippen molar-refractivity contribution in [3.8, 4) is 5.88 Å². The fourth-order valence-corrected chi connectivity index (χ4v) is 4.03. The second-order valence-corrected chi connectivity index (χ2v) is 8.62. The number of piperidine rings is 1. The third-order valence-corrected chi connectivity index (χ3v) is 6.19. The van der Waals surface area contributed by atoms with Crippen LogP contribution in [0.1, 0.15) is 37.4 Å². The van der Waals surface area contributed by atoms with Crippen LogP contribution < -0.4 is 9.64 Å². The molecule has 2 aromatic heterocycles. The lowest BCUT2D eigenvalue weighted by atomic mass is 10.1. The maximum absolute atomic E-state index is 14.9. The van der Waals surface area contributed by atoms with E-state index in [2.05, 4.69) is 25.1 Å². The second-order valence-electron chi connectivity index (χ2n) is 8.62. The maximum Gasteiger partial charge on any atom is 0.410 e. The summed E-state index contributed by atoms with van der Waals surface area (Å²) in [7, 11) is 0. The molecule has 5 rings (SSSR count). The summed E-state index contributed by atoms with van der Waals surface area (Å²) in [5.41, 5.74) is 2.25. The van der Waals surface area contributed by atoms with Gasteiger partial charge in [-0.05, 0) is 32.8 Å². The molecule has 4 heterocycles. The Morgan fingerprint density at radius 3 is 2.90 bits per heavy atom. The van der Waals surface area contributed by atoms with Crippen LogP contribution in [0.4, 0.5) is 20.7 Å². The summed E-state index contributed by atoms with van der Waals surface area (Å²) >= 11 is 0. The van der Waals surface area contributed by atoms with Gasteiger partial charge in [0.25, 0.3) is 0 Å². The van der Waals surface area contributed by atoms with E-state index in [4.69, 9.17) is 9.47 Å². The van der Waals surface area contributed by atoms with Crippen molar-refractivity contribution in [1.82, 2.24) is 25.1 Å². The van der Waals surface area contributed by atoms with Crippen molar-refractivity contribution < 1.29 is 18.7 Å². The average Bonchev–Trinajstić information content (AvgIpc) is 3.32. The molecule has 1 saturated carbocycles. The molecule has 164 valence electrons. The number of alkyl halides is 1. The maximum atomic E-state index is 14.9. The van der Waals surface area contributed by atoms with Crippen LogP contribution in [0.2, 0.25) is 0 Å². The Bertz CT molecular complexity index is 1000. The monoisotopic (exact) mass is 428 g/mol. The highest BCUT2D eigenvalue weighted by molar-refractivity contribution is 5.69. The van der Waals surface area contributed by atoms with E-state index in [0.29, 0.717) is 24.7 Å². The van der Waals surface area contributed by atoms with Crippen LogP contribution in [-0.4, -0.2) is 68.7 Å². The topological polar surface area (TPSA) is 93.6 Å². The molecule has 0 radical (unpaired) electrons. The van der Waals surface area contributed by atoms with Crippen LogP contribution in [0.25, 0.3) is 0 Å². The third-order valence-electron chi connectivity index (χ3n) is 6.19. The molecular weight excluding hydrogens is 403 g/mol. The molecule has 0 bridgehead atoms. The minimum absolute atomic E-state index is 0.0469. The van der Waals surface area contributed by atoms with Crippen molar-refractivity contribution in [2.24, 2.45) is 0 Å². The van der Waals surface area contributed by atoms with E-state index in [-0.39, 0.29) is 12.1 Å². The molecule has 0 spiro atoms. The number of hydrogen-bond acceptors (Lipinski definition) is 8. The number of likely N-dealkylation sites (tertiary alicyclic amines) is 1. The summed E-state index contributed by atoms with van der Waals surface area (Å²) in [5.74, 6) is 1.07. The van der Waals surface area contributed by atoms with Crippen molar-refractivity contribution in [3.63, 3.8) is 0 Å². The van der Waals surface area contributed by atoms with Crippen LogP contribution in [0.3, 0.4) is 0 Å². The van der Waals surface area contributed by atoms with Gasteiger partial charge in [0, 0.05) is 25.9 Å². The Kier molecular flexibility index (Phi) is 4.86. The highest BCUT2D eigenvalue weighted by atomic mass is 19.1. The summed E-state index contributed by atoms with van der Waals surface area (Å²) in [5, 5.41) is 8.12. The van der Waals surface area contributed by atoms with E-state index in [1.807, 2.05) is 19.9 Å². The molecule has 10 heteroatoms. The molecule has 1 aliphatic carbocycles. The van der Waals surface area contributed by atoms with Crippen molar-refractivity contribution in [2.75, 3.05) is 24.5 Å². The van der Waals surface area contributed by atoms with Gasteiger partial charge in [-0.25, -0.2) is 19.2 Å². The minimum Gasteiger partial charge on any atom is -0.471 e. The van der Waals surface area contributed by atoms with Gasteiger partial charge in [0.15, 0.2) is 6.17 Å². The number of ether oxygens (including phenoxy) is 2. The molecule has 0 unspecified atom stereocenters. The SMILES string of the molecule is Cc1c(O[C@@H]2CCN(C(=O)OC3(C)CC3)C[C@@H]2F)ncnc1N1CCc2nnccc21. The number of anilines is 2. The molecule has 2 aromatic rings. The molecule has 0 N–H and O–H groups in total. The lowest BCUT2D eigenvalue weighted by Crippen LogP contribution is -2.50. The normalized spacial score (nSPS) is 24.0. The number of fused-ring (bicyclic) bond motifs is 1. The first-order valence-corrected chi connectivity index (χ1v) is 10.6. The van der Waals surface area contributed by atoms with Gasteiger partial charge in [-0.3, -0.25) is 0 Å². The third kappa shape index (κ3) is 3.86. The first kappa shape index (κ1) is 19.9. The van der Waals surface area contributed by atoms with Crippen LogP contribution in [0.5, 0.6) is 5.88 Å². The molecular formula is C21H25FN6O3. The van der Waals surface area contributed by atoms with Crippen molar-refractivity contribution in [3.05, 3.63) is 29.8 Å². The fraction of sp³-hybridized carbons (Fsp3) is 0.571. The number of halogens is 1. The van der Waals surface area contributed by atoms with Gasteiger partial charge >= 0.3 is 6.09 Å². The first-order valence-electron chi connectivity index (χ1n) is 10.6. The number of aromatic nitrogens is 4. The standard InChI is InChI=1S/C21H25FN6O3/c1-13-18(28-10-4-15-16(28)3-8-25-26-15)23-12-24-19(13)30-17-5-9-27(11-14(17)22)20(29)31-21(2)6-7-21/h3,8,12,14,17H,4-7,9-11H2,1-2H3/t14-,17+/m0/s1. The number of rotatable bonds is 4. The van der Waals surface area contributed by atoms with Gasteiger partial charge in [-0.15, -0.1) is 0 Å². The molecule has 1 saturated heterocycles. The predicted octanol–water partition coefficient (Wildman–Crippen LogP) is 2.75. The first-order chi connectivity index (χ1) is 14.9. The molecule has 2 fully saturated rings. The van der Waals surface area contributed by atoms with E-state index < -0.39 is 18.4 Å². The van der Waals surface area contributed by atoms with Gasteiger partial charge < -0.3 is 19.3 Å². The van der Waals surface area contributed by atoms with Crippen LogP contribution in [-0.2, 0) is 11.2 Å². The smallest absolute Gasteiger partial charge is 0.410 e. The summed E-state index contributed by atoms with van der Waals surface area (Å²) in [6.07, 6.45) is 3.50. The van der Waals surface area contributed by atoms with Gasteiger partial charge in [-0.2, -0.15) is 10.2 Å². The zero-order valence-corrected chi connectivity index (χ0v) is 17.6. The van der Waals surface area contributed by atoms with E-state index in [1.165, 1.54) is 11.2 Å². The zero-order valence-electron chi connectivity index (χ0n) is 17.6. The molecule has 2 atom stereocenters.